The summed E-state index contributed by atoms with van der Waals surface area (Å²) in [5.41, 5.74) is 3.25. The van der Waals surface area contributed by atoms with Crippen LogP contribution in [0.3, 0.4) is 0 Å². The fourth-order valence-electron chi connectivity index (χ4n) is 3.99. The normalized spacial score (nSPS) is 27.2. The topological polar surface area (TPSA) is 47.7 Å². The fraction of sp³-hybridized carbons (Fsp3) is 0.632. The molecule has 2 aliphatic heterocycles. The quantitative estimate of drug-likeness (QED) is 0.865. The summed E-state index contributed by atoms with van der Waals surface area (Å²) in [6.07, 6.45) is 0. The summed E-state index contributed by atoms with van der Waals surface area (Å²) in [7, 11) is 1.76. The Hall–Kier alpha value is -1.59. The van der Waals surface area contributed by atoms with Crippen molar-refractivity contribution in [1.82, 2.24) is 4.98 Å². The third-order valence-corrected chi connectivity index (χ3v) is 5.47. The zero-order valence-electron chi connectivity index (χ0n) is 15.0. The molecule has 2 aromatic rings. The molecule has 1 aromatic heterocycles. The second-order valence-electron chi connectivity index (χ2n) is 8.32. The third kappa shape index (κ3) is 2.50. The van der Waals surface area contributed by atoms with E-state index in [1.54, 1.807) is 7.11 Å². The monoisotopic (exact) mass is 330 g/mol. The van der Waals surface area contributed by atoms with Crippen LogP contribution in [-0.4, -0.2) is 45.0 Å². The van der Waals surface area contributed by atoms with Crippen LogP contribution in [0.5, 0.6) is 0 Å². The van der Waals surface area contributed by atoms with Crippen molar-refractivity contribution in [3.63, 3.8) is 0 Å². The SMILES string of the molecule is COC[C@@]12COC[C@@H]1CN(c1nc3cc(C(C)(C)C)ccc3o1)C2. The Balaban J connectivity index is 1.63. The van der Waals surface area contributed by atoms with E-state index in [0.29, 0.717) is 5.92 Å². The van der Waals surface area contributed by atoms with Crippen LogP contribution in [0.15, 0.2) is 22.6 Å². The number of nitrogens with zero attached hydrogens (tertiary/aromatic N) is 2. The highest BCUT2D eigenvalue weighted by atomic mass is 16.5. The number of fused-ring (bicyclic) bond motifs is 2. The van der Waals surface area contributed by atoms with Gasteiger partial charge in [-0.25, -0.2) is 0 Å². The number of benzene rings is 1. The number of oxazole rings is 1. The smallest absolute Gasteiger partial charge is 0.298 e. The summed E-state index contributed by atoms with van der Waals surface area (Å²) >= 11 is 0. The predicted octanol–water partition coefficient (Wildman–Crippen LogP) is 3.22. The van der Waals surface area contributed by atoms with Crippen molar-refractivity contribution in [1.29, 1.82) is 0 Å². The molecule has 0 saturated carbocycles. The lowest BCUT2D eigenvalue weighted by molar-refractivity contribution is 0.0658. The molecule has 130 valence electrons. The Morgan fingerprint density at radius 1 is 1.38 bits per heavy atom. The Bertz CT molecular complexity index is 749. The van der Waals surface area contributed by atoms with Crippen molar-refractivity contribution >= 4 is 17.1 Å². The van der Waals surface area contributed by atoms with E-state index in [4.69, 9.17) is 18.9 Å². The maximum atomic E-state index is 6.04. The van der Waals surface area contributed by atoms with E-state index in [-0.39, 0.29) is 10.8 Å². The highest BCUT2D eigenvalue weighted by Gasteiger charge is 2.51. The van der Waals surface area contributed by atoms with E-state index in [1.807, 2.05) is 6.07 Å². The van der Waals surface area contributed by atoms with Gasteiger partial charge in [-0.1, -0.05) is 26.8 Å². The van der Waals surface area contributed by atoms with Crippen LogP contribution in [0.4, 0.5) is 6.01 Å². The van der Waals surface area contributed by atoms with E-state index >= 15 is 0 Å². The van der Waals surface area contributed by atoms with Gasteiger partial charge in [-0.3, -0.25) is 0 Å². The minimum absolute atomic E-state index is 0.0754. The average Bonchev–Trinajstić information content (AvgIpc) is 3.16. The molecule has 0 amide bonds. The molecular formula is C19H26N2O3. The number of anilines is 1. The molecule has 0 unspecified atom stereocenters. The summed E-state index contributed by atoms with van der Waals surface area (Å²) in [4.78, 5) is 7.02. The molecule has 0 aliphatic carbocycles. The number of hydrogen-bond acceptors (Lipinski definition) is 5. The van der Waals surface area contributed by atoms with Gasteiger partial charge in [-0.15, -0.1) is 0 Å². The van der Waals surface area contributed by atoms with E-state index in [2.05, 4.69) is 37.8 Å². The lowest BCUT2D eigenvalue weighted by atomic mass is 9.82. The molecule has 0 bridgehead atoms. The van der Waals surface area contributed by atoms with Gasteiger partial charge >= 0.3 is 0 Å². The van der Waals surface area contributed by atoms with Crippen molar-refractivity contribution in [3.05, 3.63) is 23.8 Å². The molecular weight excluding hydrogens is 304 g/mol. The Labute approximate surface area is 142 Å². The number of methoxy groups -OCH3 is 1. The van der Waals surface area contributed by atoms with Gasteiger partial charge in [-0.2, -0.15) is 4.98 Å². The summed E-state index contributed by atoms with van der Waals surface area (Å²) < 4.78 is 17.2. The maximum Gasteiger partial charge on any atom is 0.298 e. The van der Waals surface area contributed by atoms with E-state index in [0.717, 1.165) is 50.0 Å². The first-order chi connectivity index (χ1) is 11.4. The number of rotatable bonds is 3. The van der Waals surface area contributed by atoms with Crippen LogP contribution in [0.1, 0.15) is 26.3 Å². The van der Waals surface area contributed by atoms with Crippen molar-refractivity contribution in [3.8, 4) is 0 Å². The molecule has 0 radical (unpaired) electrons. The van der Waals surface area contributed by atoms with Gasteiger partial charge in [0.2, 0.25) is 0 Å². The molecule has 2 atom stereocenters. The molecule has 0 N–H and O–H groups in total. The Morgan fingerprint density at radius 3 is 2.96 bits per heavy atom. The van der Waals surface area contributed by atoms with Crippen LogP contribution in [0.25, 0.3) is 11.1 Å². The first kappa shape index (κ1) is 15.9. The van der Waals surface area contributed by atoms with E-state index < -0.39 is 0 Å². The van der Waals surface area contributed by atoms with Crippen molar-refractivity contribution in [2.24, 2.45) is 11.3 Å². The molecule has 5 nitrogen and oxygen atoms in total. The van der Waals surface area contributed by atoms with Gasteiger partial charge in [0.25, 0.3) is 6.01 Å². The van der Waals surface area contributed by atoms with Crippen molar-refractivity contribution < 1.29 is 13.9 Å². The maximum absolute atomic E-state index is 6.04. The largest absolute Gasteiger partial charge is 0.423 e. The Kier molecular flexibility index (Phi) is 3.62. The molecule has 2 saturated heterocycles. The zero-order valence-corrected chi connectivity index (χ0v) is 15.0. The van der Waals surface area contributed by atoms with Crippen molar-refractivity contribution in [2.75, 3.05) is 44.9 Å². The molecule has 5 heteroatoms. The number of ether oxygens (including phenoxy) is 2. The fourth-order valence-corrected chi connectivity index (χ4v) is 3.99. The minimum Gasteiger partial charge on any atom is -0.423 e. The summed E-state index contributed by atoms with van der Waals surface area (Å²) in [6.45, 7) is 10.7. The molecule has 4 rings (SSSR count). The standard InChI is InChI=1S/C19H26N2O3/c1-18(2,3)13-5-6-16-15(7-13)20-17(24-16)21-8-14-9-23-12-19(14,10-21)11-22-4/h5-7,14H,8-12H2,1-4H3/t14-,19-/m0/s1. The average molecular weight is 330 g/mol. The third-order valence-electron chi connectivity index (χ3n) is 5.47. The second-order valence-corrected chi connectivity index (χ2v) is 8.32. The summed E-state index contributed by atoms with van der Waals surface area (Å²) in [5.74, 6) is 0.484. The molecule has 3 heterocycles. The molecule has 24 heavy (non-hydrogen) atoms. The van der Waals surface area contributed by atoms with Gasteiger partial charge in [0.1, 0.15) is 5.52 Å². The van der Waals surface area contributed by atoms with Crippen LogP contribution in [0.2, 0.25) is 0 Å². The predicted molar refractivity (Wildman–Crippen MR) is 93.5 cm³/mol. The van der Waals surface area contributed by atoms with Crippen molar-refractivity contribution in [2.45, 2.75) is 26.2 Å². The minimum atomic E-state index is 0.0754. The first-order valence-corrected chi connectivity index (χ1v) is 8.64. The first-order valence-electron chi connectivity index (χ1n) is 8.64. The lowest BCUT2D eigenvalue weighted by Crippen LogP contribution is -2.35. The second kappa shape index (κ2) is 5.46. The zero-order chi connectivity index (χ0) is 16.9. The number of hydrogen-bond donors (Lipinski definition) is 0. The van der Waals surface area contributed by atoms with Gasteiger partial charge in [0, 0.05) is 31.5 Å². The van der Waals surface area contributed by atoms with E-state index in [1.165, 1.54) is 5.56 Å². The van der Waals surface area contributed by atoms with Gasteiger partial charge in [0.15, 0.2) is 5.58 Å². The van der Waals surface area contributed by atoms with Gasteiger partial charge in [0.05, 0.1) is 19.8 Å². The van der Waals surface area contributed by atoms with Gasteiger partial charge in [-0.05, 0) is 23.1 Å². The van der Waals surface area contributed by atoms with Crippen LogP contribution >= 0.6 is 0 Å². The summed E-state index contributed by atoms with van der Waals surface area (Å²) in [6, 6.07) is 7.04. The highest BCUT2D eigenvalue weighted by Crippen LogP contribution is 2.43. The molecule has 0 spiro atoms. The lowest BCUT2D eigenvalue weighted by Gasteiger charge is -2.25. The van der Waals surface area contributed by atoms with E-state index in [9.17, 15) is 0 Å². The Morgan fingerprint density at radius 2 is 2.21 bits per heavy atom. The number of aromatic nitrogens is 1. The van der Waals surface area contributed by atoms with Crippen LogP contribution in [-0.2, 0) is 14.9 Å². The molecule has 2 aliphatic rings. The molecule has 1 aromatic carbocycles. The van der Waals surface area contributed by atoms with Crippen LogP contribution < -0.4 is 4.90 Å². The van der Waals surface area contributed by atoms with Crippen LogP contribution in [0, 0.1) is 11.3 Å². The highest BCUT2D eigenvalue weighted by molar-refractivity contribution is 5.75. The summed E-state index contributed by atoms with van der Waals surface area (Å²) in [5, 5.41) is 0. The molecule has 2 fully saturated rings. The van der Waals surface area contributed by atoms with Gasteiger partial charge < -0.3 is 18.8 Å².